The Kier molecular flexibility index (Phi) is 4.29. The van der Waals surface area contributed by atoms with Gasteiger partial charge in [0.15, 0.2) is 11.5 Å². The molecule has 1 unspecified atom stereocenters. The molecule has 0 aliphatic carbocycles. The molecule has 1 heterocycles. The van der Waals surface area contributed by atoms with Crippen LogP contribution in [0.1, 0.15) is 31.2 Å². The van der Waals surface area contributed by atoms with Gasteiger partial charge in [0, 0.05) is 16.5 Å². The first kappa shape index (κ1) is 12.7. The van der Waals surface area contributed by atoms with Crippen molar-refractivity contribution in [2.75, 3.05) is 19.8 Å². The van der Waals surface area contributed by atoms with E-state index in [1.54, 1.807) is 0 Å². The Bertz CT molecular complexity index is 395. The molecule has 0 fully saturated rings. The zero-order valence-corrected chi connectivity index (χ0v) is 11.6. The standard InChI is InChI=1S/C13H18BrNO2/c1-9(5-6-15)12-10(14)3-4-11-13(12)17-8-2-7-16-11/h3-4,9H,2,5-8,15H2,1H3. The molecular weight excluding hydrogens is 282 g/mol. The molecule has 3 nitrogen and oxygen atoms in total. The molecule has 0 amide bonds. The Morgan fingerprint density at radius 1 is 1.35 bits per heavy atom. The number of hydrogen-bond donors (Lipinski definition) is 1. The van der Waals surface area contributed by atoms with Gasteiger partial charge in [-0.25, -0.2) is 0 Å². The summed E-state index contributed by atoms with van der Waals surface area (Å²) in [5, 5.41) is 0. The molecule has 4 heteroatoms. The predicted octanol–water partition coefficient (Wildman–Crippen LogP) is 3.06. The van der Waals surface area contributed by atoms with Crippen LogP contribution in [0, 0.1) is 0 Å². The van der Waals surface area contributed by atoms with Gasteiger partial charge in [0.1, 0.15) is 0 Å². The van der Waals surface area contributed by atoms with E-state index in [-0.39, 0.29) is 0 Å². The molecule has 0 saturated heterocycles. The zero-order valence-electron chi connectivity index (χ0n) is 10.0. The summed E-state index contributed by atoms with van der Waals surface area (Å²) in [5.41, 5.74) is 6.81. The third-order valence-electron chi connectivity index (χ3n) is 2.99. The summed E-state index contributed by atoms with van der Waals surface area (Å²) in [6.45, 7) is 4.28. The van der Waals surface area contributed by atoms with E-state index in [2.05, 4.69) is 22.9 Å². The van der Waals surface area contributed by atoms with Gasteiger partial charge < -0.3 is 15.2 Å². The molecule has 1 atom stereocenters. The fourth-order valence-corrected chi connectivity index (χ4v) is 2.79. The molecule has 1 aliphatic rings. The lowest BCUT2D eigenvalue weighted by atomic mass is 9.96. The van der Waals surface area contributed by atoms with Crippen LogP contribution in [-0.2, 0) is 0 Å². The van der Waals surface area contributed by atoms with Crippen LogP contribution < -0.4 is 15.2 Å². The number of nitrogens with two attached hydrogens (primary N) is 1. The highest BCUT2D eigenvalue weighted by Crippen LogP contribution is 2.42. The molecule has 2 rings (SSSR count). The third kappa shape index (κ3) is 2.75. The fraction of sp³-hybridized carbons (Fsp3) is 0.538. The maximum absolute atomic E-state index is 5.83. The summed E-state index contributed by atoms with van der Waals surface area (Å²) >= 11 is 3.60. The fourth-order valence-electron chi connectivity index (χ4n) is 2.09. The maximum atomic E-state index is 5.83. The van der Waals surface area contributed by atoms with Gasteiger partial charge in [-0.3, -0.25) is 0 Å². The van der Waals surface area contributed by atoms with Gasteiger partial charge in [0.25, 0.3) is 0 Å². The first-order valence-electron chi connectivity index (χ1n) is 6.02. The molecule has 1 aromatic rings. The van der Waals surface area contributed by atoms with Crippen LogP contribution in [0.2, 0.25) is 0 Å². The summed E-state index contributed by atoms with van der Waals surface area (Å²) in [5.74, 6) is 2.11. The molecule has 0 saturated carbocycles. The van der Waals surface area contributed by atoms with Crippen molar-refractivity contribution in [1.82, 2.24) is 0 Å². The topological polar surface area (TPSA) is 44.5 Å². The molecule has 0 spiro atoms. The van der Waals surface area contributed by atoms with Crippen LogP contribution in [0.3, 0.4) is 0 Å². The van der Waals surface area contributed by atoms with Crippen LogP contribution in [0.5, 0.6) is 11.5 Å². The van der Waals surface area contributed by atoms with E-state index >= 15 is 0 Å². The molecule has 94 valence electrons. The Morgan fingerprint density at radius 2 is 2.12 bits per heavy atom. The normalized spacial score (nSPS) is 16.4. The maximum Gasteiger partial charge on any atom is 0.165 e. The molecule has 0 radical (unpaired) electrons. The minimum atomic E-state index is 0.367. The SMILES string of the molecule is CC(CCN)c1c(Br)ccc2c1OCCCO2. The number of ether oxygens (including phenoxy) is 2. The molecule has 1 aliphatic heterocycles. The van der Waals surface area contributed by atoms with Crippen molar-refractivity contribution < 1.29 is 9.47 Å². The van der Waals surface area contributed by atoms with Crippen molar-refractivity contribution in [2.24, 2.45) is 5.73 Å². The third-order valence-corrected chi connectivity index (χ3v) is 3.68. The van der Waals surface area contributed by atoms with Crippen molar-refractivity contribution in [1.29, 1.82) is 0 Å². The Morgan fingerprint density at radius 3 is 2.88 bits per heavy atom. The summed E-state index contributed by atoms with van der Waals surface area (Å²) in [4.78, 5) is 0. The minimum absolute atomic E-state index is 0.367. The summed E-state index contributed by atoms with van der Waals surface area (Å²) in [7, 11) is 0. The lowest BCUT2D eigenvalue weighted by Gasteiger charge is -2.19. The Balaban J connectivity index is 2.41. The smallest absolute Gasteiger partial charge is 0.165 e. The largest absolute Gasteiger partial charge is 0.490 e. The van der Waals surface area contributed by atoms with Gasteiger partial charge in [-0.05, 0) is 31.0 Å². The Labute approximate surface area is 110 Å². The van der Waals surface area contributed by atoms with Crippen LogP contribution >= 0.6 is 15.9 Å². The van der Waals surface area contributed by atoms with Gasteiger partial charge in [-0.1, -0.05) is 22.9 Å². The monoisotopic (exact) mass is 299 g/mol. The lowest BCUT2D eigenvalue weighted by molar-refractivity contribution is 0.295. The van der Waals surface area contributed by atoms with Crippen molar-refractivity contribution in [2.45, 2.75) is 25.7 Å². The average molecular weight is 300 g/mol. The van der Waals surface area contributed by atoms with E-state index in [1.807, 2.05) is 12.1 Å². The van der Waals surface area contributed by atoms with Crippen molar-refractivity contribution in [3.8, 4) is 11.5 Å². The van der Waals surface area contributed by atoms with Gasteiger partial charge in [0.2, 0.25) is 0 Å². The van der Waals surface area contributed by atoms with Crippen LogP contribution in [-0.4, -0.2) is 19.8 Å². The highest BCUT2D eigenvalue weighted by Gasteiger charge is 2.21. The number of halogens is 1. The van der Waals surface area contributed by atoms with E-state index in [1.165, 1.54) is 5.56 Å². The number of benzene rings is 1. The molecule has 0 aromatic heterocycles. The number of fused-ring (bicyclic) bond motifs is 1. The van der Waals surface area contributed by atoms with Crippen molar-refractivity contribution >= 4 is 15.9 Å². The van der Waals surface area contributed by atoms with Gasteiger partial charge in [-0.2, -0.15) is 0 Å². The van der Waals surface area contributed by atoms with Crippen molar-refractivity contribution in [3.63, 3.8) is 0 Å². The first-order valence-corrected chi connectivity index (χ1v) is 6.81. The average Bonchev–Trinajstić information content (AvgIpc) is 2.54. The van der Waals surface area contributed by atoms with Gasteiger partial charge in [0.05, 0.1) is 13.2 Å². The van der Waals surface area contributed by atoms with E-state index < -0.39 is 0 Å². The zero-order chi connectivity index (χ0) is 12.3. The molecular formula is C13H18BrNO2. The summed E-state index contributed by atoms with van der Waals surface area (Å²) in [6.07, 6.45) is 1.87. The molecule has 2 N–H and O–H groups in total. The number of hydrogen-bond acceptors (Lipinski definition) is 3. The van der Waals surface area contributed by atoms with Gasteiger partial charge in [-0.15, -0.1) is 0 Å². The second-order valence-electron chi connectivity index (χ2n) is 4.32. The highest BCUT2D eigenvalue weighted by atomic mass is 79.9. The van der Waals surface area contributed by atoms with E-state index in [9.17, 15) is 0 Å². The second-order valence-corrected chi connectivity index (χ2v) is 5.17. The van der Waals surface area contributed by atoms with E-state index in [0.29, 0.717) is 19.1 Å². The Hall–Kier alpha value is -0.740. The quantitative estimate of drug-likeness (QED) is 0.933. The first-order chi connectivity index (χ1) is 8.24. The molecule has 1 aromatic carbocycles. The molecule has 17 heavy (non-hydrogen) atoms. The summed E-state index contributed by atoms with van der Waals surface area (Å²) in [6, 6.07) is 3.99. The van der Waals surface area contributed by atoms with E-state index in [0.717, 1.165) is 35.4 Å². The highest BCUT2D eigenvalue weighted by molar-refractivity contribution is 9.10. The number of rotatable bonds is 3. The second kappa shape index (κ2) is 5.74. The summed E-state index contributed by atoms with van der Waals surface area (Å²) < 4.78 is 12.6. The van der Waals surface area contributed by atoms with Crippen molar-refractivity contribution in [3.05, 3.63) is 22.2 Å². The van der Waals surface area contributed by atoms with E-state index in [4.69, 9.17) is 15.2 Å². The predicted molar refractivity (Wildman–Crippen MR) is 71.8 cm³/mol. The minimum Gasteiger partial charge on any atom is -0.490 e. The van der Waals surface area contributed by atoms with Crippen LogP contribution in [0.4, 0.5) is 0 Å². The van der Waals surface area contributed by atoms with Crippen LogP contribution in [0.15, 0.2) is 16.6 Å². The molecule has 0 bridgehead atoms. The lowest BCUT2D eigenvalue weighted by Crippen LogP contribution is -2.07. The van der Waals surface area contributed by atoms with Gasteiger partial charge >= 0.3 is 0 Å². The van der Waals surface area contributed by atoms with Crippen LogP contribution in [0.25, 0.3) is 0 Å².